The van der Waals surface area contributed by atoms with E-state index < -0.39 is 0 Å². The highest BCUT2D eigenvalue weighted by Crippen LogP contribution is 2.22. The van der Waals surface area contributed by atoms with Crippen LogP contribution in [0.25, 0.3) is 22.8 Å². The molecular formula is C20H19N7. The van der Waals surface area contributed by atoms with Gasteiger partial charge in [0.05, 0.1) is 12.0 Å². The molecule has 134 valence electrons. The number of aromatic nitrogens is 6. The first-order valence-electron chi connectivity index (χ1n) is 8.79. The van der Waals surface area contributed by atoms with Gasteiger partial charge in [-0.15, -0.1) is 0 Å². The molecule has 0 saturated carbocycles. The summed E-state index contributed by atoms with van der Waals surface area (Å²) in [4.78, 5) is 21.9. The van der Waals surface area contributed by atoms with Gasteiger partial charge in [0.25, 0.3) is 0 Å². The van der Waals surface area contributed by atoms with E-state index in [0.717, 1.165) is 42.3 Å². The van der Waals surface area contributed by atoms with Crippen LogP contribution in [0.3, 0.4) is 0 Å². The Labute approximate surface area is 157 Å². The zero-order valence-corrected chi connectivity index (χ0v) is 14.7. The van der Waals surface area contributed by atoms with E-state index in [1.165, 1.54) is 0 Å². The summed E-state index contributed by atoms with van der Waals surface area (Å²) in [6, 6.07) is 11.5. The second kappa shape index (κ2) is 8.18. The van der Waals surface area contributed by atoms with Crippen molar-refractivity contribution < 1.29 is 0 Å². The summed E-state index contributed by atoms with van der Waals surface area (Å²) in [5.41, 5.74) is 2.50. The molecule has 4 aromatic rings. The van der Waals surface area contributed by atoms with E-state index in [-0.39, 0.29) is 0 Å². The smallest absolute Gasteiger partial charge is 0.180 e. The lowest BCUT2D eigenvalue weighted by Gasteiger charge is -2.10. The number of anilines is 1. The van der Waals surface area contributed by atoms with E-state index in [4.69, 9.17) is 0 Å². The lowest BCUT2D eigenvalue weighted by Crippen LogP contribution is -2.08. The monoisotopic (exact) mass is 357 g/mol. The van der Waals surface area contributed by atoms with Crippen LogP contribution < -0.4 is 5.32 Å². The van der Waals surface area contributed by atoms with Crippen LogP contribution in [0.2, 0.25) is 0 Å². The minimum Gasteiger partial charge on any atom is -0.370 e. The number of rotatable bonds is 7. The topological polar surface area (TPSA) is 81.4 Å². The molecule has 4 aromatic heterocycles. The van der Waals surface area contributed by atoms with Crippen LogP contribution in [-0.2, 0) is 6.54 Å². The molecule has 7 heteroatoms. The van der Waals surface area contributed by atoms with Gasteiger partial charge in [0, 0.05) is 55.7 Å². The van der Waals surface area contributed by atoms with Crippen molar-refractivity contribution in [3.63, 3.8) is 0 Å². The van der Waals surface area contributed by atoms with Gasteiger partial charge < -0.3 is 9.88 Å². The Kier molecular flexibility index (Phi) is 5.10. The predicted molar refractivity (Wildman–Crippen MR) is 104 cm³/mol. The third-order valence-electron chi connectivity index (χ3n) is 4.04. The number of aryl methyl sites for hydroxylation is 1. The highest BCUT2D eigenvalue weighted by Gasteiger charge is 2.09. The zero-order chi connectivity index (χ0) is 18.3. The first-order valence-corrected chi connectivity index (χ1v) is 8.79. The fraction of sp³-hybridized carbons (Fsp3) is 0.150. The molecule has 0 aromatic carbocycles. The Morgan fingerprint density at radius 1 is 0.926 bits per heavy atom. The molecule has 0 spiro atoms. The SMILES string of the molecule is c1ccc(-c2nc(NCCCn3ccnc3)cc(-c3cccnc3)n2)nc1. The Morgan fingerprint density at radius 3 is 2.70 bits per heavy atom. The molecule has 4 rings (SSSR count). The second-order valence-corrected chi connectivity index (χ2v) is 6.00. The van der Waals surface area contributed by atoms with E-state index in [0.29, 0.717) is 5.82 Å². The van der Waals surface area contributed by atoms with Gasteiger partial charge >= 0.3 is 0 Å². The number of imidazole rings is 1. The van der Waals surface area contributed by atoms with Crippen LogP contribution in [0.4, 0.5) is 5.82 Å². The van der Waals surface area contributed by atoms with Crippen LogP contribution in [0, 0.1) is 0 Å². The number of hydrogen-bond acceptors (Lipinski definition) is 6. The van der Waals surface area contributed by atoms with Crippen LogP contribution in [-0.4, -0.2) is 36.0 Å². The first kappa shape index (κ1) is 16.8. The summed E-state index contributed by atoms with van der Waals surface area (Å²) in [6.45, 7) is 1.70. The van der Waals surface area contributed by atoms with Gasteiger partial charge in [-0.05, 0) is 30.7 Å². The van der Waals surface area contributed by atoms with Gasteiger partial charge in [-0.1, -0.05) is 6.07 Å². The Morgan fingerprint density at radius 2 is 1.93 bits per heavy atom. The van der Waals surface area contributed by atoms with Crippen molar-refractivity contribution in [1.82, 2.24) is 29.5 Å². The average Bonchev–Trinajstić information content (AvgIpc) is 3.26. The molecule has 7 nitrogen and oxygen atoms in total. The summed E-state index contributed by atoms with van der Waals surface area (Å²) in [7, 11) is 0. The molecule has 0 amide bonds. The second-order valence-electron chi connectivity index (χ2n) is 6.00. The average molecular weight is 357 g/mol. The molecule has 1 N–H and O–H groups in total. The van der Waals surface area contributed by atoms with Crippen molar-refractivity contribution in [2.45, 2.75) is 13.0 Å². The highest BCUT2D eigenvalue weighted by atomic mass is 15.1. The number of pyridine rings is 2. The third kappa shape index (κ3) is 4.33. The quantitative estimate of drug-likeness (QED) is 0.511. The van der Waals surface area contributed by atoms with E-state index in [1.807, 2.05) is 48.9 Å². The van der Waals surface area contributed by atoms with Gasteiger partial charge in [-0.2, -0.15) is 0 Å². The van der Waals surface area contributed by atoms with Crippen molar-refractivity contribution in [3.05, 3.63) is 73.7 Å². The summed E-state index contributed by atoms with van der Waals surface area (Å²) in [5, 5.41) is 3.39. The highest BCUT2D eigenvalue weighted by molar-refractivity contribution is 5.65. The van der Waals surface area contributed by atoms with E-state index in [9.17, 15) is 0 Å². The maximum Gasteiger partial charge on any atom is 0.180 e. The summed E-state index contributed by atoms with van der Waals surface area (Å²) < 4.78 is 2.06. The van der Waals surface area contributed by atoms with E-state index in [1.54, 1.807) is 24.8 Å². The molecular weight excluding hydrogens is 338 g/mol. The van der Waals surface area contributed by atoms with Gasteiger partial charge in [-0.25, -0.2) is 15.0 Å². The first-order chi connectivity index (χ1) is 13.4. The maximum absolute atomic E-state index is 4.68. The summed E-state index contributed by atoms with van der Waals surface area (Å²) >= 11 is 0. The molecule has 0 fully saturated rings. The molecule has 0 bridgehead atoms. The fourth-order valence-corrected chi connectivity index (χ4v) is 2.71. The molecule has 0 saturated heterocycles. The van der Waals surface area contributed by atoms with Crippen molar-refractivity contribution >= 4 is 5.82 Å². The van der Waals surface area contributed by atoms with Crippen molar-refractivity contribution in [3.8, 4) is 22.8 Å². The zero-order valence-electron chi connectivity index (χ0n) is 14.7. The van der Waals surface area contributed by atoms with Gasteiger partial charge in [0.2, 0.25) is 0 Å². The Bertz CT molecular complexity index is 912. The van der Waals surface area contributed by atoms with Crippen LogP contribution in [0.5, 0.6) is 0 Å². The van der Waals surface area contributed by atoms with E-state index in [2.05, 4.69) is 34.8 Å². The molecule has 0 aliphatic rings. The molecule has 0 radical (unpaired) electrons. The summed E-state index contributed by atoms with van der Waals surface area (Å²) in [5.74, 6) is 1.36. The van der Waals surface area contributed by atoms with Crippen LogP contribution >= 0.6 is 0 Å². The third-order valence-corrected chi connectivity index (χ3v) is 4.04. The molecule has 27 heavy (non-hydrogen) atoms. The molecule has 4 heterocycles. The molecule has 0 unspecified atom stereocenters. The largest absolute Gasteiger partial charge is 0.370 e. The summed E-state index contributed by atoms with van der Waals surface area (Å²) in [6.07, 6.45) is 11.8. The van der Waals surface area contributed by atoms with Crippen molar-refractivity contribution in [1.29, 1.82) is 0 Å². The molecule has 0 atom stereocenters. The Hall–Kier alpha value is -3.61. The number of nitrogens with zero attached hydrogens (tertiary/aromatic N) is 6. The fourth-order valence-electron chi connectivity index (χ4n) is 2.71. The predicted octanol–water partition coefficient (Wildman–Crippen LogP) is 3.30. The maximum atomic E-state index is 4.68. The van der Waals surface area contributed by atoms with Gasteiger partial charge in [0.15, 0.2) is 5.82 Å². The minimum atomic E-state index is 0.592. The number of hydrogen-bond donors (Lipinski definition) is 1. The standard InChI is InChI=1S/C20H19N7/c1-2-8-23-17(6-1)20-25-18(16-5-3-7-21-14-16)13-19(26-20)24-9-4-11-27-12-10-22-15-27/h1-3,5-8,10,12-15H,4,9,11H2,(H,24,25,26). The van der Waals surface area contributed by atoms with Crippen LogP contribution in [0.15, 0.2) is 73.7 Å². The lowest BCUT2D eigenvalue weighted by atomic mass is 10.2. The van der Waals surface area contributed by atoms with Crippen molar-refractivity contribution in [2.24, 2.45) is 0 Å². The van der Waals surface area contributed by atoms with Crippen LogP contribution in [0.1, 0.15) is 6.42 Å². The normalized spacial score (nSPS) is 10.7. The van der Waals surface area contributed by atoms with E-state index >= 15 is 0 Å². The van der Waals surface area contributed by atoms with Gasteiger partial charge in [0.1, 0.15) is 11.5 Å². The molecule has 0 aliphatic heterocycles. The lowest BCUT2D eigenvalue weighted by molar-refractivity contribution is 0.660. The van der Waals surface area contributed by atoms with Gasteiger partial charge in [-0.3, -0.25) is 9.97 Å². The Balaban J connectivity index is 1.56. The molecule has 0 aliphatic carbocycles. The van der Waals surface area contributed by atoms with Crippen molar-refractivity contribution in [2.75, 3.05) is 11.9 Å². The minimum absolute atomic E-state index is 0.592. The number of nitrogens with one attached hydrogen (secondary N) is 1.